The molecule has 21 heavy (non-hydrogen) atoms. The summed E-state index contributed by atoms with van der Waals surface area (Å²) in [6, 6.07) is 7.70. The third kappa shape index (κ3) is 3.68. The first-order valence-electron chi connectivity index (χ1n) is 6.66. The summed E-state index contributed by atoms with van der Waals surface area (Å²) in [5, 5.41) is 16.4. The lowest BCUT2D eigenvalue weighted by Gasteiger charge is -2.25. The van der Waals surface area contributed by atoms with Gasteiger partial charge in [-0.15, -0.1) is 0 Å². The molecule has 1 aromatic carbocycles. The Morgan fingerprint density at radius 2 is 2.00 bits per heavy atom. The second-order valence-electron chi connectivity index (χ2n) is 5.41. The zero-order chi connectivity index (χ0) is 15.5. The van der Waals surface area contributed by atoms with Crippen molar-refractivity contribution >= 4 is 17.2 Å². The van der Waals surface area contributed by atoms with Gasteiger partial charge in [0.1, 0.15) is 5.82 Å². The molecule has 0 aliphatic carbocycles. The monoisotopic (exact) mass is 307 g/mol. The Bertz CT molecular complexity index is 593. The molecule has 0 aliphatic heterocycles. The van der Waals surface area contributed by atoms with Crippen molar-refractivity contribution in [2.24, 2.45) is 0 Å². The number of benzene rings is 1. The highest BCUT2D eigenvalue weighted by molar-refractivity contribution is 7.07. The van der Waals surface area contributed by atoms with Gasteiger partial charge in [0.15, 0.2) is 0 Å². The van der Waals surface area contributed by atoms with Gasteiger partial charge in [-0.3, -0.25) is 4.79 Å². The van der Waals surface area contributed by atoms with Crippen molar-refractivity contribution < 1.29 is 14.3 Å². The fourth-order valence-electron chi connectivity index (χ4n) is 1.99. The number of carbonyl (C=O) groups is 1. The third-order valence-corrected chi connectivity index (χ3v) is 4.22. The van der Waals surface area contributed by atoms with Crippen LogP contribution in [0, 0.1) is 5.82 Å². The van der Waals surface area contributed by atoms with Crippen LogP contribution in [0.15, 0.2) is 41.1 Å². The van der Waals surface area contributed by atoms with E-state index in [2.05, 4.69) is 5.32 Å². The molecular weight excluding hydrogens is 289 g/mol. The summed E-state index contributed by atoms with van der Waals surface area (Å²) in [4.78, 5) is 12.3. The third-order valence-electron chi connectivity index (χ3n) is 3.52. The molecule has 0 aliphatic rings. The van der Waals surface area contributed by atoms with E-state index >= 15 is 0 Å². The molecule has 1 amide bonds. The van der Waals surface area contributed by atoms with Gasteiger partial charge in [0.2, 0.25) is 5.91 Å². The van der Waals surface area contributed by atoms with Crippen LogP contribution in [0.1, 0.15) is 31.1 Å². The van der Waals surface area contributed by atoms with Crippen molar-refractivity contribution in [3.8, 4) is 0 Å². The summed E-state index contributed by atoms with van der Waals surface area (Å²) >= 11 is 1.50. The van der Waals surface area contributed by atoms with E-state index in [0.29, 0.717) is 0 Å². The van der Waals surface area contributed by atoms with Crippen molar-refractivity contribution in [1.29, 1.82) is 0 Å². The Morgan fingerprint density at radius 3 is 2.57 bits per heavy atom. The van der Waals surface area contributed by atoms with Gasteiger partial charge in [-0.2, -0.15) is 11.3 Å². The molecule has 0 fully saturated rings. The van der Waals surface area contributed by atoms with Gasteiger partial charge in [0.25, 0.3) is 0 Å². The number of rotatable bonds is 5. The second kappa shape index (κ2) is 6.37. The highest BCUT2D eigenvalue weighted by atomic mass is 32.1. The Hall–Kier alpha value is -1.72. The lowest BCUT2D eigenvalue weighted by Crippen LogP contribution is -2.41. The molecule has 5 heteroatoms. The molecular formula is C16H18FNO2S. The van der Waals surface area contributed by atoms with Crippen LogP contribution >= 0.6 is 11.3 Å². The van der Waals surface area contributed by atoms with Gasteiger partial charge < -0.3 is 10.4 Å². The molecule has 1 aromatic heterocycles. The molecule has 3 nitrogen and oxygen atoms in total. The SMILES string of the molecule is CC(C)(C(=O)NCC(O)c1ccsc1)c1ccc(F)cc1. The average molecular weight is 307 g/mol. The summed E-state index contributed by atoms with van der Waals surface area (Å²) < 4.78 is 13.0. The van der Waals surface area contributed by atoms with Crippen molar-refractivity contribution in [2.75, 3.05) is 6.54 Å². The lowest BCUT2D eigenvalue weighted by molar-refractivity contribution is -0.126. The van der Waals surface area contributed by atoms with Gasteiger partial charge in [-0.25, -0.2) is 4.39 Å². The van der Waals surface area contributed by atoms with Crippen LogP contribution in [-0.2, 0) is 10.2 Å². The Kier molecular flexibility index (Phi) is 4.75. The number of aliphatic hydroxyl groups is 1. The minimum atomic E-state index is -0.790. The Labute approximate surface area is 127 Å². The van der Waals surface area contributed by atoms with E-state index in [1.165, 1.54) is 23.5 Å². The average Bonchev–Trinajstić information content (AvgIpc) is 2.99. The predicted molar refractivity (Wildman–Crippen MR) is 81.7 cm³/mol. The molecule has 2 N–H and O–H groups in total. The van der Waals surface area contributed by atoms with Crippen LogP contribution in [0.4, 0.5) is 4.39 Å². The van der Waals surface area contributed by atoms with Crippen LogP contribution in [0.3, 0.4) is 0 Å². The van der Waals surface area contributed by atoms with Crippen molar-refractivity contribution in [3.63, 3.8) is 0 Å². The van der Waals surface area contributed by atoms with E-state index in [1.807, 2.05) is 16.8 Å². The number of halogens is 1. The fourth-order valence-corrected chi connectivity index (χ4v) is 2.70. The summed E-state index contributed by atoms with van der Waals surface area (Å²) in [5.41, 5.74) is 0.730. The topological polar surface area (TPSA) is 49.3 Å². The largest absolute Gasteiger partial charge is 0.387 e. The first-order chi connectivity index (χ1) is 9.91. The number of hydrogen-bond acceptors (Lipinski definition) is 3. The van der Waals surface area contributed by atoms with Crippen molar-refractivity contribution in [1.82, 2.24) is 5.32 Å². The Balaban J connectivity index is 2.00. The Morgan fingerprint density at radius 1 is 1.33 bits per heavy atom. The van der Waals surface area contributed by atoms with Gasteiger partial charge in [0, 0.05) is 6.54 Å². The van der Waals surface area contributed by atoms with E-state index in [4.69, 9.17) is 0 Å². The van der Waals surface area contributed by atoms with E-state index < -0.39 is 11.5 Å². The first-order valence-corrected chi connectivity index (χ1v) is 7.60. The zero-order valence-electron chi connectivity index (χ0n) is 12.0. The molecule has 2 rings (SSSR count). The molecule has 1 heterocycles. The molecule has 0 saturated heterocycles. The van der Waals surface area contributed by atoms with E-state index in [9.17, 15) is 14.3 Å². The summed E-state index contributed by atoms with van der Waals surface area (Å²) in [6.07, 6.45) is -0.718. The highest BCUT2D eigenvalue weighted by Gasteiger charge is 2.30. The number of carbonyl (C=O) groups excluding carboxylic acids is 1. The van der Waals surface area contributed by atoms with Crippen LogP contribution in [0.2, 0.25) is 0 Å². The molecule has 0 saturated carbocycles. The summed E-state index contributed by atoms with van der Waals surface area (Å²) in [6.45, 7) is 3.69. The molecule has 0 radical (unpaired) electrons. The number of thiophene rings is 1. The zero-order valence-corrected chi connectivity index (χ0v) is 12.8. The second-order valence-corrected chi connectivity index (χ2v) is 6.19. The smallest absolute Gasteiger partial charge is 0.230 e. The predicted octanol–water partition coefficient (Wildman–Crippen LogP) is 3.01. The maximum Gasteiger partial charge on any atom is 0.230 e. The first kappa shape index (κ1) is 15.7. The summed E-state index contributed by atoms with van der Waals surface area (Å²) in [7, 11) is 0. The normalized spacial score (nSPS) is 13.0. The highest BCUT2D eigenvalue weighted by Crippen LogP contribution is 2.24. The maximum absolute atomic E-state index is 13.0. The van der Waals surface area contributed by atoms with Crippen LogP contribution in [-0.4, -0.2) is 17.6 Å². The number of hydrogen-bond donors (Lipinski definition) is 2. The van der Waals surface area contributed by atoms with Gasteiger partial charge in [-0.05, 0) is 53.9 Å². The molecule has 0 spiro atoms. The number of aliphatic hydroxyl groups excluding tert-OH is 1. The maximum atomic E-state index is 13.0. The van der Waals surface area contributed by atoms with E-state index in [1.54, 1.807) is 26.0 Å². The van der Waals surface area contributed by atoms with Crippen molar-refractivity contribution in [3.05, 3.63) is 58.0 Å². The van der Waals surface area contributed by atoms with Crippen molar-refractivity contribution in [2.45, 2.75) is 25.4 Å². The molecule has 1 unspecified atom stereocenters. The molecule has 0 bridgehead atoms. The summed E-state index contributed by atoms with van der Waals surface area (Å²) in [5.74, 6) is -0.536. The van der Waals surface area contributed by atoms with Gasteiger partial charge in [-0.1, -0.05) is 12.1 Å². The van der Waals surface area contributed by atoms with Crippen LogP contribution in [0.5, 0.6) is 0 Å². The fraction of sp³-hybridized carbons (Fsp3) is 0.312. The standard InChI is InChI=1S/C16H18FNO2S/c1-16(2,12-3-5-13(17)6-4-12)15(20)18-9-14(19)11-7-8-21-10-11/h3-8,10,14,19H,9H2,1-2H3,(H,18,20). The number of nitrogens with one attached hydrogen (secondary N) is 1. The van der Waals surface area contributed by atoms with E-state index in [-0.39, 0.29) is 18.3 Å². The lowest BCUT2D eigenvalue weighted by atomic mass is 9.83. The van der Waals surface area contributed by atoms with Gasteiger partial charge >= 0.3 is 0 Å². The van der Waals surface area contributed by atoms with E-state index in [0.717, 1.165) is 11.1 Å². The minimum Gasteiger partial charge on any atom is -0.387 e. The molecule has 2 aromatic rings. The molecule has 112 valence electrons. The molecule has 1 atom stereocenters. The quantitative estimate of drug-likeness (QED) is 0.892. The number of amides is 1. The van der Waals surface area contributed by atoms with Crippen LogP contribution < -0.4 is 5.32 Å². The van der Waals surface area contributed by atoms with Gasteiger partial charge in [0.05, 0.1) is 11.5 Å². The van der Waals surface area contributed by atoms with Crippen LogP contribution in [0.25, 0.3) is 0 Å². The minimum absolute atomic E-state index is 0.153.